The predicted molar refractivity (Wildman–Crippen MR) is 94.2 cm³/mol. The van der Waals surface area contributed by atoms with Crippen molar-refractivity contribution in [3.63, 3.8) is 0 Å². The van der Waals surface area contributed by atoms with Crippen LogP contribution in [0.4, 0.5) is 0 Å². The molecule has 0 amide bonds. The van der Waals surface area contributed by atoms with Crippen molar-refractivity contribution in [1.82, 2.24) is 18.4 Å². The lowest BCUT2D eigenvalue weighted by Crippen LogP contribution is -2.56. The molecular formula is C14H23ClN4O2S2. The van der Waals surface area contributed by atoms with Gasteiger partial charge in [0.05, 0.1) is 4.34 Å². The largest absolute Gasteiger partial charge is 0.304 e. The highest BCUT2D eigenvalue weighted by atomic mass is 35.5. The van der Waals surface area contributed by atoms with E-state index in [-0.39, 0.29) is 0 Å². The number of piperazine rings is 2. The zero-order valence-electron chi connectivity index (χ0n) is 13.3. The molecule has 23 heavy (non-hydrogen) atoms. The number of rotatable bonds is 4. The van der Waals surface area contributed by atoms with Gasteiger partial charge in [-0.05, 0) is 19.2 Å². The Hall–Kier alpha value is -0.220. The van der Waals surface area contributed by atoms with Gasteiger partial charge < -0.3 is 4.90 Å². The van der Waals surface area contributed by atoms with Crippen molar-refractivity contribution in [3.05, 3.63) is 21.3 Å². The maximum absolute atomic E-state index is 12.7. The molecule has 2 fully saturated rings. The molecule has 6 nitrogen and oxygen atoms in total. The molecule has 0 aliphatic carbocycles. The van der Waals surface area contributed by atoms with Crippen molar-refractivity contribution in [3.8, 4) is 0 Å². The summed E-state index contributed by atoms with van der Waals surface area (Å²) in [6.45, 7) is 6.29. The Kier molecular flexibility index (Phi) is 5.62. The maximum Gasteiger partial charge on any atom is 0.282 e. The van der Waals surface area contributed by atoms with E-state index in [1.165, 1.54) is 4.88 Å². The molecule has 1 aromatic heterocycles. The zero-order valence-corrected chi connectivity index (χ0v) is 15.7. The molecule has 0 unspecified atom stereocenters. The van der Waals surface area contributed by atoms with Crippen LogP contribution in [-0.4, -0.2) is 86.2 Å². The summed E-state index contributed by atoms with van der Waals surface area (Å²) < 4.78 is 29.5. The van der Waals surface area contributed by atoms with Crippen molar-refractivity contribution in [2.75, 3.05) is 59.4 Å². The third-order valence-corrected chi connectivity index (χ3v) is 7.71. The molecule has 2 aliphatic rings. The topological polar surface area (TPSA) is 47.1 Å². The average Bonchev–Trinajstić information content (AvgIpc) is 2.93. The highest BCUT2D eigenvalue weighted by molar-refractivity contribution is 7.86. The van der Waals surface area contributed by atoms with Gasteiger partial charge in [-0.1, -0.05) is 11.6 Å². The molecule has 130 valence electrons. The molecule has 9 heteroatoms. The van der Waals surface area contributed by atoms with E-state index in [1.54, 1.807) is 19.9 Å². The van der Waals surface area contributed by atoms with Crippen molar-refractivity contribution in [2.24, 2.45) is 0 Å². The lowest BCUT2D eigenvalue weighted by Gasteiger charge is -2.39. The summed E-state index contributed by atoms with van der Waals surface area (Å²) in [5, 5.41) is 0. The first kappa shape index (κ1) is 17.6. The van der Waals surface area contributed by atoms with Gasteiger partial charge >= 0.3 is 0 Å². The Balaban J connectivity index is 1.53. The van der Waals surface area contributed by atoms with Crippen molar-refractivity contribution in [1.29, 1.82) is 0 Å². The normalized spacial score (nSPS) is 23.4. The first-order valence-electron chi connectivity index (χ1n) is 7.85. The van der Waals surface area contributed by atoms with Crippen molar-refractivity contribution < 1.29 is 8.42 Å². The highest BCUT2D eigenvalue weighted by Gasteiger charge is 2.33. The van der Waals surface area contributed by atoms with E-state index in [1.807, 2.05) is 19.2 Å². The van der Waals surface area contributed by atoms with E-state index in [0.29, 0.717) is 26.2 Å². The quantitative estimate of drug-likeness (QED) is 0.784. The fraction of sp³-hybridized carbons (Fsp3) is 0.714. The average molecular weight is 379 g/mol. The first-order valence-corrected chi connectivity index (χ1v) is 10.4. The lowest BCUT2D eigenvalue weighted by atomic mass is 10.3. The molecule has 2 saturated heterocycles. The van der Waals surface area contributed by atoms with Gasteiger partial charge in [0.15, 0.2) is 0 Å². The summed E-state index contributed by atoms with van der Waals surface area (Å²) in [5.74, 6) is 0. The molecule has 0 bridgehead atoms. The Morgan fingerprint density at radius 3 is 2.09 bits per heavy atom. The molecular weight excluding hydrogens is 356 g/mol. The van der Waals surface area contributed by atoms with Gasteiger partial charge in [-0.2, -0.15) is 17.0 Å². The number of hydrogen-bond acceptors (Lipinski definition) is 5. The summed E-state index contributed by atoms with van der Waals surface area (Å²) in [5.41, 5.74) is 0. The molecule has 0 aromatic carbocycles. The molecule has 1 aromatic rings. The fourth-order valence-electron chi connectivity index (χ4n) is 2.96. The second-order valence-corrected chi connectivity index (χ2v) is 9.82. The van der Waals surface area contributed by atoms with Crippen LogP contribution in [0.1, 0.15) is 4.88 Å². The minimum Gasteiger partial charge on any atom is -0.304 e. The number of nitrogens with zero attached hydrogens (tertiary/aromatic N) is 4. The standard InChI is InChI=1S/C14H23ClN4O2S2/c1-16-4-8-18(9-5-16)23(20,21)19-10-6-17(7-11-19)12-13-2-3-14(15)22-13/h2-3H,4-12H2,1H3. The van der Waals surface area contributed by atoms with Gasteiger partial charge in [-0.3, -0.25) is 4.90 Å². The van der Waals surface area contributed by atoms with Gasteiger partial charge in [-0.15, -0.1) is 11.3 Å². The van der Waals surface area contributed by atoms with E-state index >= 15 is 0 Å². The second kappa shape index (κ2) is 7.35. The van der Waals surface area contributed by atoms with Crippen LogP contribution in [0, 0.1) is 0 Å². The van der Waals surface area contributed by atoms with Crippen LogP contribution in [0.3, 0.4) is 0 Å². The van der Waals surface area contributed by atoms with Crippen molar-refractivity contribution >= 4 is 33.1 Å². The van der Waals surface area contributed by atoms with E-state index in [4.69, 9.17) is 11.6 Å². The van der Waals surface area contributed by atoms with Crippen LogP contribution in [0.15, 0.2) is 12.1 Å². The number of likely N-dealkylation sites (N-methyl/N-ethyl adjacent to an activating group) is 1. The van der Waals surface area contributed by atoms with E-state index in [9.17, 15) is 8.42 Å². The third-order valence-electron chi connectivity index (χ3n) is 4.45. The number of hydrogen-bond donors (Lipinski definition) is 0. The lowest BCUT2D eigenvalue weighted by molar-refractivity contribution is 0.166. The van der Waals surface area contributed by atoms with Crippen molar-refractivity contribution in [2.45, 2.75) is 6.54 Å². The van der Waals surface area contributed by atoms with E-state index < -0.39 is 10.2 Å². The summed E-state index contributed by atoms with van der Waals surface area (Å²) in [6, 6.07) is 3.95. The van der Waals surface area contributed by atoms with Gasteiger partial charge in [0.1, 0.15) is 0 Å². The number of halogens is 1. The molecule has 0 radical (unpaired) electrons. The predicted octanol–water partition coefficient (Wildman–Crippen LogP) is 1.01. The minimum absolute atomic E-state index is 0.563. The van der Waals surface area contributed by atoms with Crippen LogP contribution >= 0.6 is 22.9 Å². The fourth-order valence-corrected chi connectivity index (χ4v) is 5.66. The Bertz CT molecular complexity index is 620. The summed E-state index contributed by atoms with van der Waals surface area (Å²) in [7, 11) is -1.28. The molecule has 0 saturated carbocycles. The zero-order chi connectivity index (χ0) is 16.4. The van der Waals surface area contributed by atoms with Crippen LogP contribution in [-0.2, 0) is 16.8 Å². The van der Waals surface area contributed by atoms with Crippen LogP contribution < -0.4 is 0 Å². The second-order valence-electron chi connectivity index (χ2n) is 6.09. The van der Waals surface area contributed by atoms with Crippen LogP contribution in [0.5, 0.6) is 0 Å². The summed E-state index contributed by atoms with van der Waals surface area (Å²) in [6.07, 6.45) is 0. The van der Waals surface area contributed by atoms with Gasteiger partial charge in [0.2, 0.25) is 0 Å². The van der Waals surface area contributed by atoms with Gasteiger partial charge in [-0.25, -0.2) is 0 Å². The Labute approximate surface area is 147 Å². The molecule has 3 rings (SSSR count). The molecule has 0 spiro atoms. The van der Waals surface area contributed by atoms with Crippen LogP contribution in [0.25, 0.3) is 0 Å². The maximum atomic E-state index is 12.7. The smallest absolute Gasteiger partial charge is 0.282 e. The summed E-state index contributed by atoms with van der Waals surface area (Å²) in [4.78, 5) is 5.68. The Morgan fingerprint density at radius 1 is 1.00 bits per heavy atom. The third kappa shape index (κ3) is 4.25. The van der Waals surface area contributed by atoms with E-state index in [2.05, 4.69) is 9.80 Å². The van der Waals surface area contributed by atoms with Crippen LogP contribution in [0.2, 0.25) is 4.34 Å². The molecule has 2 aliphatic heterocycles. The Morgan fingerprint density at radius 2 is 1.57 bits per heavy atom. The highest BCUT2D eigenvalue weighted by Crippen LogP contribution is 2.23. The first-order chi connectivity index (χ1) is 10.9. The number of thiophene rings is 1. The monoisotopic (exact) mass is 378 g/mol. The molecule has 3 heterocycles. The molecule has 0 N–H and O–H groups in total. The van der Waals surface area contributed by atoms with Gasteiger partial charge in [0.25, 0.3) is 10.2 Å². The molecule has 0 atom stereocenters. The summed E-state index contributed by atoms with van der Waals surface area (Å²) >= 11 is 7.55. The SMILES string of the molecule is CN1CCN(S(=O)(=O)N2CCN(Cc3ccc(Cl)s3)CC2)CC1. The van der Waals surface area contributed by atoms with Gasteiger partial charge in [0, 0.05) is 63.8 Å². The minimum atomic E-state index is -3.31. The van der Waals surface area contributed by atoms with E-state index in [0.717, 1.165) is 37.1 Å².